The number of thiazole rings is 1. The number of hydrogen-bond donors (Lipinski definition) is 1. The van der Waals surface area contributed by atoms with Crippen molar-refractivity contribution in [3.05, 3.63) is 75.9 Å². The molecule has 0 saturated carbocycles. The van der Waals surface area contributed by atoms with E-state index in [1.165, 1.54) is 47.6 Å². The zero-order chi connectivity index (χ0) is 21.8. The molecule has 0 atom stereocenters. The molecule has 0 bridgehead atoms. The maximum atomic E-state index is 12.2. The summed E-state index contributed by atoms with van der Waals surface area (Å²) in [5.41, 5.74) is 0.557. The SMILES string of the molecule is N#C/C(=C\c1ccc(Sc2nc3ccc([N+](=O)[O-])cc3s2)o1)C(=O)NCc1ccco1. The lowest BCUT2D eigenvalue weighted by Crippen LogP contribution is -2.23. The fraction of sp³-hybridized carbons (Fsp3) is 0.0500. The molecule has 3 aromatic heterocycles. The predicted molar refractivity (Wildman–Crippen MR) is 113 cm³/mol. The Morgan fingerprint density at radius 2 is 2.23 bits per heavy atom. The van der Waals surface area contributed by atoms with Crippen molar-refractivity contribution in [2.75, 3.05) is 0 Å². The first-order chi connectivity index (χ1) is 15.0. The third-order valence-electron chi connectivity index (χ3n) is 4.01. The molecule has 11 heteroatoms. The van der Waals surface area contributed by atoms with Gasteiger partial charge < -0.3 is 14.2 Å². The number of fused-ring (bicyclic) bond motifs is 1. The highest BCUT2D eigenvalue weighted by molar-refractivity contribution is 8.01. The number of carbonyl (C=O) groups excluding carboxylic acids is 1. The fourth-order valence-corrected chi connectivity index (χ4v) is 4.57. The average molecular weight is 452 g/mol. The summed E-state index contributed by atoms with van der Waals surface area (Å²) in [5.74, 6) is 0.365. The third kappa shape index (κ3) is 4.82. The first kappa shape index (κ1) is 20.4. The lowest BCUT2D eigenvalue weighted by Gasteiger charge is -2.01. The van der Waals surface area contributed by atoms with Crippen LogP contribution >= 0.6 is 23.1 Å². The van der Waals surface area contributed by atoms with E-state index in [-0.39, 0.29) is 17.8 Å². The molecule has 1 aromatic carbocycles. The minimum absolute atomic E-state index is 0.00692. The lowest BCUT2D eigenvalue weighted by atomic mass is 10.2. The second kappa shape index (κ2) is 8.86. The summed E-state index contributed by atoms with van der Waals surface area (Å²) >= 11 is 2.55. The number of carbonyl (C=O) groups is 1. The number of rotatable bonds is 7. The van der Waals surface area contributed by atoms with E-state index in [9.17, 15) is 20.2 Å². The molecule has 0 aliphatic rings. The Morgan fingerprint density at radius 1 is 1.35 bits per heavy atom. The predicted octanol–water partition coefficient (Wildman–Crippen LogP) is 4.77. The maximum Gasteiger partial charge on any atom is 0.270 e. The van der Waals surface area contributed by atoms with E-state index in [2.05, 4.69) is 10.3 Å². The van der Waals surface area contributed by atoms with Crippen LogP contribution in [0.3, 0.4) is 0 Å². The summed E-state index contributed by atoms with van der Waals surface area (Å²) in [4.78, 5) is 27.1. The van der Waals surface area contributed by atoms with E-state index >= 15 is 0 Å². The second-order valence-electron chi connectivity index (χ2n) is 6.08. The van der Waals surface area contributed by atoms with Gasteiger partial charge in [-0.25, -0.2) is 4.98 Å². The van der Waals surface area contributed by atoms with E-state index in [0.717, 1.165) is 0 Å². The Kier molecular flexibility index (Phi) is 5.83. The number of nitrogens with one attached hydrogen (secondary N) is 1. The number of hydrogen-bond acceptors (Lipinski definition) is 9. The van der Waals surface area contributed by atoms with Gasteiger partial charge in [-0.15, -0.1) is 11.3 Å². The molecule has 0 aliphatic heterocycles. The van der Waals surface area contributed by atoms with Gasteiger partial charge >= 0.3 is 0 Å². The molecule has 4 aromatic rings. The van der Waals surface area contributed by atoms with E-state index in [4.69, 9.17) is 8.83 Å². The van der Waals surface area contributed by atoms with Crippen molar-refractivity contribution in [3.8, 4) is 6.07 Å². The minimum Gasteiger partial charge on any atom is -0.467 e. The Labute approximate surface area is 183 Å². The number of nitriles is 1. The number of aromatic nitrogens is 1. The summed E-state index contributed by atoms with van der Waals surface area (Å²) < 4.78 is 12.2. The van der Waals surface area contributed by atoms with Gasteiger partial charge in [0.05, 0.1) is 27.9 Å². The normalized spacial score (nSPS) is 11.4. The number of nitro groups is 1. The van der Waals surface area contributed by atoms with Crippen LogP contribution in [-0.2, 0) is 11.3 Å². The zero-order valence-corrected chi connectivity index (χ0v) is 17.2. The summed E-state index contributed by atoms with van der Waals surface area (Å²) in [6, 6.07) is 13.1. The van der Waals surface area contributed by atoms with Crippen LogP contribution < -0.4 is 5.32 Å². The summed E-state index contributed by atoms with van der Waals surface area (Å²) in [6.45, 7) is 0.167. The van der Waals surface area contributed by atoms with Crippen LogP contribution in [0, 0.1) is 21.4 Å². The van der Waals surface area contributed by atoms with Gasteiger partial charge in [0.25, 0.3) is 11.6 Å². The number of benzene rings is 1. The van der Waals surface area contributed by atoms with E-state index in [0.29, 0.717) is 31.2 Å². The van der Waals surface area contributed by atoms with Crippen molar-refractivity contribution in [1.82, 2.24) is 10.3 Å². The molecular formula is C20H12N4O5S2. The molecule has 0 spiro atoms. The van der Waals surface area contributed by atoms with Crippen LogP contribution in [0.5, 0.6) is 0 Å². The Bertz CT molecular complexity index is 1330. The van der Waals surface area contributed by atoms with Gasteiger partial charge in [-0.05, 0) is 42.1 Å². The van der Waals surface area contributed by atoms with Gasteiger partial charge in [0, 0.05) is 18.2 Å². The van der Waals surface area contributed by atoms with Crippen molar-refractivity contribution in [2.45, 2.75) is 16.0 Å². The van der Waals surface area contributed by atoms with Gasteiger partial charge in [-0.2, -0.15) is 5.26 Å². The van der Waals surface area contributed by atoms with Crippen LogP contribution in [0.2, 0.25) is 0 Å². The number of amides is 1. The van der Waals surface area contributed by atoms with Gasteiger partial charge in [-0.3, -0.25) is 14.9 Å². The quantitative estimate of drug-likeness (QED) is 0.183. The molecule has 0 saturated heterocycles. The topological polar surface area (TPSA) is 135 Å². The molecular weight excluding hydrogens is 440 g/mol. The van der Waals surface area contributed by atoms with E-state index in [1.54, 1.807) is 30.3 Å². The Morgan fingerprint density at radius 3 is 2.97 bits per heavy atom. The highest BCUT2D eigenvalue weighted by Gasteiger charge is 2.14. The highest BCUT2D eigenvalue weighted by Crippen LogP contribution is 2.36. The van der Waals surface area contributed by atoms with Crippen LogP contribution in [0.15, 0.2) is 72.6 Å². The molecule has 0 aliphatic carbocycles. The van der Waals surface area contributed by atoms with E-state index < -0.39 is 10.8 Å². The van der Waals surface area contributed by atoms with Crippen molar-refractivity contribution >= 4 is 51.0 Å². The Balaban J connectivity index is 1.45. The van der Waals surface area contributed by atoms with Gasteiger partial charge in [0.1, 0.15) is 23.2 Å². The molecule has 31 heavy (non-hydrogen) atoms. The van der Waals surface area contributed by atoms with Crippen molar-refractivity contribution < 1.29 is 18.6 Å². The molecule has 0 fully saturated rings. The molecule has 3 heterocycles. The van der Waals surface area contributed by atoms with Crippen molar-refractivity contribution in [2.24, 2.45) is 0 Å². The van der Waals surface area contributed by atoms with Crippen LogP contribution in [0.25, 0.3) is 16.3 Å². The van der Waals surface area contributed by atoms with Crippen LogP contribution in [-0.4, -0.2) is 15.8 Å². The maximum absolute atomic E-state index is 12.2. The number of furan rings is 2. The van der Waals surface area contributed by atoms with Crippen LogP contribution in [0.4, 0.5) is 5.69 Å². The van der Waals surface area contributed by atoms with Crippen molar-refractivity contribution in [3.63, 3.8) is 0 Å². The third-order valence-corrected chi connectivity index (χ3v) is 6.01. The first-order valence-corrected chi connectivity index (χ1v) is 10.4. The summed E-state index contributed by atoms with van der Waals surface area (Å²) in [5, 5.41) is 23.3. The van der Waals surface area contributed by atoms with Crippen LogP contribution in [0.1, 0.15) is 11.5 Å². The molecule has 0 unspecified atom stereocenters. The number of nitrogens with zero attached hydrogens (tertiary/aromatic N) is 3. The van der Waals surface area contributed by atoms with Crippen molar-refractivity contribution in [1.29, 1.82) is 5.26 Å². The lowest BCUT2D eigenvalue weighted by molar-refractivity contribution is -0.384. The van der Waals surface area contributed by atoms with Gasteiger partial charge in [-0.1, -0.05) is 0 Å². The van der Waals surface area contributed by atoms with E-state index in [1.807, 2.05) is 6.07 Å². The minimum atomic E-state index is -0.544. The molecule has 9 nitrogen and oxygen atoms in total. The number of nitro benzene ring substituents is 1. The zero-order valence-electron chi connectivity index (χ0n) is 15.6. The Hall–Kier alpha value is -3.88. The average Bonchev–Trinajstić information content (AvgIpc) is 3.50. The largest absolute Gasteiger partial charge is 0.467 e. The highest BCUT2D eigenvalue weighted by atomic mass is 32.2. The van der Waals surface area contributed by atoms with Gasteiger partial charge in [0.2, 0.25) is 0 Å². The second-order valence-corrected chi connectivity index (χ2v) is 8.36. The molecule has 4 rings (SSSR count). The van der Waals surface area contributed by atoms with Gasteiger partial charge in [0.15, 0.2) is 9.43 Å². The molecule has 1 N–H and O–H groups in total. The smallest absolute Gasteiger partial charge is 0.270 e. The molecule has 1 amide bonds. The summed E-state index contributed by atoms with van der Waals surface area (Å²) in [7, 11) is 0. The molecule has 154 valence electrons. The first-order valence-electron chi connectivity index (χ1n) is 8.77. The molecule has 0 radical (unpaired) electrons. The standard InChI is InChI=1S/C20H12N4O5S2/c21-10-12(19(25)22-11-15-2-1-7-28-15)8-14-4-6-18(29-14)31-20-23-16-5-3-13(24(26)27)9-17(16)30-20/h1-9H,11H2,(H,22,25)/b12-8+. The summed E-state index contributed by atoms with van der Waals surface area (Å²) in [6.07, 6.45) is 2.85. The number of non-ortho nitro benzene ring substituents is 1. The fourth-order valence-electron chi connectivity index (χ4n) is 2.57. The monoisotopic (exact) mass is 452 g/mol.